The Kier molecular flexibility index (Phi) is 7.15. The molecular formula is C23H30N2O4S. The first-order valence-corrected chi connectivity index (χ1v) is 11.9. The van der Waals surface area contributed by atoms with Crippen LogP contribution in [0.4, 0.5) is 0 Å². The number of sulfonamides is 1. The van der Waals surface area contributed by atoms with Crippen molar-refractivity contribution in [2.45, 2.75) is 63.6 Å². The van der Waals surface area contributed by atoms with Crippen LogP contribution in [0, 0.1) is 0 Å². The van der Waals surface area contributed by atoms with Crippen LogP contribution in [0.25, 0.3) is 0 Å². The van der Waals surface area contributed by atoms with Crippen LogP contribution in [0.15, 0.2) is 53.4 Å². The van der Waals surface area contributed by atoms with Crippen molar-refractivity contribution in [3.8, 4) is 5.75 Å². The molecule has 162 valence electrons. The van der Waals surface area contributed by atoms with E-state index in [1.807, 2.05) is 45.0 Å². The van der Waals surface area contributed by atoms with Gasteiger partial charge in [-0.15, -0.1) is 0 Å². The molecule has 3 rings (SSSR count). The van der Waals surface area contributed by atoms with Crippen molar-refractivity contribution in [1.82, 2.24) is 9.62 Å². The Labute approximate surface area is 179 Å². The highest BCUT2D eigenvalue weighted by atomic mass is 32.2. The van der Waals surface area contributed by atoms with Crippen LogP contribution >= 0.6 is 0 Å². The number of nitrogens with one attached hydrogen (secondary N) is 1. The molecule has 2 aromatic rings. The van der Waals surface area contributed by atoms with Gasteiger partial charge in [0.05, 0.1) is 11.0 Å². The van der Waals surface area contributed by atoms with Gasteiger partial charge in [0.25, 0.3) is 5.91 Å². The minimum absolute atomic E-state index is 0.0286. The fourth-order valence-corrected chi connectivity index (χ4v) is 5.40. The number of benzene rings is 2. The smallest absolute Gasteiger partial charge is 0.251 e. The summed E-state index contributed by atoms with van der Waals surface area (Å²) >= 11 is 0. The SMILES string of the molecule is CC(C)Oc1ccccc1CNC(=O)c1cccc(S(=O)(=O)N2CCCCC2C)c1. The summed E-state index contributed by atoms with van der Waals surface area (Å²) in [6, 6.07) is 13.8. The summed E-state index contributed by atoms with van der Waals surface area (Å²) in [5.74, 6) is 0.404. The van der Waals surface area contributed by atoms with Gasteiger partial charge in [-0.2, -0.15) is 4.31 Å². The van der Waals surface area contributed by atoms with Gasteiger partial charge in [0, 0.05) is 30.3 Å². The first-order chi connectivity index (χ1) is 14.3. The predicted molar refractivity (Wildman–Crippen MR) is 117 cm³/mol. The lowest BCUT2D eigenvalue weighted by molar-refractivity contribution is 0.0950. The van der Waals surface area contributed by atoms with Crippen LogP contribution in [-0.2, 0) is 16.6 Å². The van der Waals surface area contributed by atoms with Gasteiger partial charge in [-0.3, -0.25) is 4.79 Å². The molecule has 0 bridgehead atoms. The molecule has 0 spiro atoms. The predicted octanol–water partition coefficient (Wildman–Crippen LogP) is 3.97. The van der Waals surface area contributed by atoms with E-state index in [-0.39, 0.29) is 22.9 Å². The summed E-state index contributed by atoms with van der Waals surface area (Å²) in [6.45, 7) is 6.65. The Morgan fingerprint density at radius 2 is 1.93 bits per heavy atom. The molecule has 7 heteroatoms. The fraction of sp³-hybridized carbons (Fsp3) is 0.435. The van der Waals surface area contributed by atoms with E-state index in [2.05, 4.69) is 5.32 Å². The van der Waals surface area contributed by atoms with Crippen molar-refractivity contribution in [2.24, 2.45) is 0 Å². The van der Waals surface area contributed by atoms with Gasteiger partial charge < -0.3 is 10.1 Å². The van der Waals surface area contributed by atoms with Gasteiger partial charge in [-0.05, 0) is 57.9 Å². The van der Waals surface area contributed by atoms with Crippen LogP contribution in [-0.4, -0.2) is 37.3 Å². The second-order valence-corrected chi connectivity index (χ2v) is 9.84. The monoisotopic (exact) mass is 430 g/mol. The number of rotatable bonds is 7. The Hall–Kier alpha value is -2.38. The van der Waals surface area contributed by atoms with E-state index in [0.717, 1.165) is 30.6 Å². The minimum atomic E-state index is -3.62. The Bertz CT molecular complexity index is 988. The van der Waals surface area contributed by atoms with Gasteiger partial charge in [-0.25, -0.2) is 8.42 Å². The lowest BCUT2D eigenvalue weighted by Crippen LogP contribution is -2.42. The lowest BCUT2D eigenvalue weighted by atomic mass is 10.1. The molecule has 1 heterocycles. The maximum absolute atomic E-state index is 13.1. The summed E-state index contributed by atoms with van der Waals surface area (Å²) in [5.41, 5.74) is 1.19. The standard InChI is InChI=1S/C23H30N2O4S/c1-17(2)29-22-13-5-4-10-20(22)16-24-23(26)19-11-8-12-21(15-19)30(27,28)25-14-7-6-9-18(25)3/h4-5,8,10-13,15,17-18H,6-7,9,14,16H2,1-3H3,(H,24,26). The number of hydrogen-bond acceptors (Lipinski definition) is 4. The van der Waals surface area contributed by atoms with Crippen LogP contribution < -0.4 is 10.1 Å². The average Bonchev–Trinajstić information content (AvgIpc) is 2.73. The summed E-state index contributed by atoms with van der Waals surface area (Å²) in [5, 5.41) is 2.87. The summed E-state index contributed by atoms with van der Waals surface area (Å²) < 4.78 is 33.5. The maximum Gasteiger partial charge on any atom is 0.251 e. The highest BCUT2D eigenvalue weighted by molar-refractivity contribution is 7.89. The van der Waals surface area contributed by atoms with Crippen LogP contribution in [0.1, 0.15) is 56.0 Å². The van der Waals surface area contributed by atoms with Crippen LogP contribution in [0.2, 0.25) is 0 Å². The number of carbonyl (C=O) groups excluding carboxylic acids is 1. The van der Waals surface area contributed by atoms with E-state index in [1.54, 1.807) is 22.5 Å². The second-order valence-electron chi connectivity index (χ2n) is 7.95. The zero-order valence-corrected chi connectivity index (χ0v) is 18.6. The van der Waals surface area contributed by atoms with Crippen molar-refractivity contribution >= 4 is 15.9 Å². The number of para-hydroxylation sites is 1. The molecule has 0 radical (unpaired) electrons. The summed E-state index contributed by atoms with van der Waals surface area (Å²) in [4.78, 5) is 12.9. The molecule has 0 aromatic heterocycles. The molecule has 1 unspecified atom stereocenters. The van der Waals surface area contributed by atoms with Gasteiger partial charge >= 0.3 is 0 Å². The molecule has 1 amide bonds. The van der Waals surface area contributed by atoms with Gasteiger partial charge in [0.1, 0.15) is 5.75 Å². The van der Waals surface area contributed by atoms with Crippen molar-refractivity contribution < 1.29 is 17.9 Å². The number of hydrogen-bond donors (Lipinski definition) is 1. The topological polar surface area (TPSA) is 75.7 Å². The molecule has 6 nitrogen and oxygen atoms in total. The second kappa shape index (κ2) is 9.62. The zero-order chi connectivity index (χ0) is 21.7. The largest absolute Gasteiger partial charge is 0.491 e. The molecule has 0 aliphatic carbocycles. The molecule has 1 fully saturated rings. The quantitative estimate of drug-likeness (QED) is 0.721. The average molecular weight is 431 g/mol. The number of nitrogens with zero attached hydrogens (tertiary/aromatic N) is 1. The van der Waals surface area contributed by atoms with E-state index < -0.39 is 10.0 Å². The maximum atomic E-state index is 13.1. The van der Waals surface area contributed by atoms with Crippen molar-refractivity contribution in [2.75, 3.05) is 6.54 Å². The Balaban J connectivity index is 1.74. The first kappa shape index (κ1) is 22.3. The zero-order valence-electron chi connectivity index (χ0n) is 17.8. The number of amides is 1. The molecule has 30 heavy (non-hydrogen) atoms. The number of ether oxygens (including phenoxy) is 1. The Morgan fingerprint density at radius 1 is 1.17 bits per heavy atom. The van der Waals surface area contributed by atoms with E-state index in [1.165, 1.54) is 6.07 Å². The third-order valence-corrected chi connectivity index (χ3v) is 7.23. The lowest BCUT2D eigenvalue weighted by Gasteiger charge is -2.32. The van der Waals surface area contributed by atoms with Crippen molar-refractivity contribution in [3.63, 3.8) is 0 Å². The van der Waals surface area contributed by atoms with E-state index in [9.17, 15) is 13.2 Å². The number of piperidine rings is 1. The van der Waals surface area contributed by atoms with Crippen LogP contribution in [0.3, 0.4) is 0 Å². The molecule has 1 aliphatic heterocycles. The highest BCUT2D eigenvalue weighted by Gasteiger charge is 2.31. The Morgan fingerprint density at radius 3 is 2.67 bits per heavy atom. The molecule has 1 saturated heterocycles. The van der Waals surface area contributed by atoms with Crippen LogP contribution in [0.5, 0.6) is 5.75 Å². The van der Waals surface area contributed by atoms with E-state index in [0.29, 0.717) is 18.7 Å². The molecule has 1 N–H and O–H groups in total. The normalized spacial score (nSPS) is 17.7. The number of carbonyl (C=O) groups is 1. The van der Waals surface area contributed by atoms with E-state index in [4.69, 9.17) is 4.74 Å². The minimum Gasteiger partial charge on any atom is -0.491 e. The molecule has 2 aromatic carbocycles. The molecule has 1 aliphatic rings. The summed E-state index contributed by atoms with van der Waals surface area (Å²) in [7, 11) is -3.62. The third kappa shape index (κ3) is 5.21. The molecule has 1 atom stereocenters. The molecule has 0 saturated carbocycles. The fourth-order valence-electron chi connectivity index (χ4n) is 3.66. The first-order valence-electron chi connectivity index (χ1n) is 10.4. The van der Waals surface area contributed by atoms with Crippen molar-refractivity contribution in [3.05, 3.63) is 59.7 Å². The highest BCUT2D eigenvalue weighted by Crippen LogP contribution is 2.25. The van der Waals surface area contributed by atoms with Gasteiger partial charge in [-0.1, -0.05) is 30.7 Å². The summed E-state index contributed by atoms with van der Waals surface area (Å²) in [6.07, 6.45) is 2.79. The molecular weight excluding hydrogens is 400 g/mol. The third-order valence-electron chi connectivity index (χ3n) is 5.22. The van der Waals surface area contributed by atoms with E-state index >= 15 is 0 Å². The van der Waals surface area contributed by atoms with Gasteiger partial charge in [0.15, 0.2) is 0 Å². The van der Waals surface area contributed by atoms with Crippen molar-refractivity contribution in [1.29, 1.82) is 0 Å². The van der Waals surface area contributed by atoms with Gasteiger partial charge in [0.2, 0.25) is 10.0 Å².